The van der Waals surface area contributed by atoms with Crippen LogP contribution in [0.2, 0.25) is 0 Å². The van der Waals surface area contributed by atoms with E-state index in [4.69, 9.17) is 10.00 Å². The van der Waals surface area contributed by atoms with E-state index >= 15 is 0 Å². The maximum atomic E-state index is 13.0. The van der Waals surface area contributed by atoms with Gasteiger partial charge in [0.05, 0.1) is 30.2 Å². The highest BCUT2D eigenvalue weighted by molar-refractivity contribution is 7.92. The van der Waals surface area contributed by atoms with Crippen molar-refractivity contribution < 1.29 is 17.9 Å². The van der Waals surface area contributed by atoms with Crippen molar-refractivity contribution in [3.8, 4) is 11.8 Å². The summed E-state index contributed by atoms with van der Waals surface area (Å²) < 4.78 is 32.1. The molecule has 0 saturated heterocycles. The smallest absolute Gasteiger partial charge is 0.264 e. The second kappa shape index (κ2) is 9.32. The Bertz CT molecular complexity index is 1210. The SMILES string of the molecule is COc1ccc(S(=O)(=O)N(C)c2cccc(C(=O)Nc3ccc(CC#N)cc3)c2)cc1. The maximum absolute atomic E-state index is 13.0. The molecule has 31 heavy (non-hydrogen) atoms. The van der Waals surface area contributed by atoms with Gasteiger partial charge in [-0.1, -0.05) is 18.2 Å². The highest BCUT2D eigenvalue weighted by Gasteiger charge is 2.22. The van der Waals surface area contributed by atoms with Crippen molar-refractivity contribution in [2.45, 2.75) is 11.3 Å². The van der Waals surface area contributed by atoms with E-state index in [1.807, 2.05) is 0 Å². The minimum atomic E-state index is -3.81. The summed E-state index contributed by atoms with van der Waals surface area (Å²) in [5, 5.41) is 11.5. The third-order valence-corrected chi connectivity index (χ3v) is 6.48. The van der Waals surface area contributed by atoms with Crippen molar-refractivity contribution in [1.29, 1.82) is 5.26 Å². The molecule has 0 spiro atoms. The van der Waals surface area contributed by atoms with Gasteiger partial charge in [-0.3, -0.25) is 9.10 Å². The molecule has 0 atom stereocenters. The van der Waals surface area contributed by atoms with E-state index in [-0.39, 0.29) is 10.8 Å². The van der Waals surface area contributed by atoms with E-state index in [9.17, 15) is 13.2 Å². The number of nitrogens with zero attached hydrogens (tertiary/aromatic N) is 2. The molecule has 1 N–H and O–H groups in total. The Labute approximate surface area is 181 Å². The summed E-state index contributed by atoms with van der Waals surface area (Å²) in [6.45, 7) is 0. The monoisotopic (exact) mass is 435 g/mol. The first kappa shape index (κ1) is 21.9. The molecule has 158 valence electrons. The normalized spacial score (nSPS) is 10.7. The molecule has 8 heteroatoms. The molecule has 0 aliphatic carbocycles. The number of methoxy groups -OCH3 is 1. The Kier molecular flexibility index (Phi) is 6.58. The number of ether oxygens (including phenoxy) is 1. The predicted octanol–water partition coefficient (Wildman–Crippen LogP) is 3.84. The fourth-order valence-corrected chi connectivity index (χ4v) is 4.08. The van der Waals surface area contributed by atoms with Gasteiger partial charge >= 0.3 is 0 Å². The van der Waals surface area contributed by atoms with E-state index < -0.39 is 10.0 Å². The van der Waals surface area contributed by atoms with E-state index in [1.54, 1.807) is 54.6 Å². The van der Waals surface area contributed by atoms with Crippen molar-refractivity contribution in [2.24, 2.45) is 0 Å². The van der Waals surface area contributed by atoms with Crippen LogP contribution in [-0.2, 0) is 16.4 Å². The van der Waals surface area contributed by atoms with Crippen molar-refractivity contribution in [3.63, 3.8) is 0 Å². The van der Waals surface area contributed by atoms with Gasteiger partial charge in [0.25, 0.3) is 15.9 Å². The van der Waals surface area contributed by atoms with Crippen molar-refractivity contribution in [1.82, 2.24) is 0 Å². The molecule has 0 aliphatic rings. The third-order valence-electron chi connectivity index (χ3n) is 4.68. The summed E-state index contributed by atoms with van der Waals surface area (Å²) >= 11 is 0. The summed E-state index contributed by atoms with van der Waals surface area (Å²) in [4.78, 5) is 12.8. The molecule has 0 fully saturated rings. The molecule has 0 radical (unpaired) electrons. The Balaban J connectivity index is 1.79. The number of benzene rings is 3. The molecule has 7 nitrogen and oxygen atoms in total. The number of hydrogen-bond acceptors (Lipinski definition) is 5. The van der Waals surface area contributed by atoms with Crippen LogP contribution in [0.25, 0.3) is 0 Å². The van der Waals surface area contributed by atoms with Gasteiger partial charge in [0, 0.05) is 18.3 Å². The molecule has 0 saturated carbocycles. The van der Waals surface area contributed by atoms with Gasteiger partial charge in [-0.15, -0.1) is 0 Å². The van der Waals surface area contributed by atoms with Gasteiger partial charge in [0.15, 0.2) is 0 Å². The lowest BCUT2D eigenvalue weighted by atomic mass is 10.1. The van der Waals surface area contributed by atoms with Crippen LogP contribution in [0.1, 0.15) is 15.9 Å². The summed E-state index contributed by atoms with van der Waals surface area (Å²) in [5.41, 5.74) is 2.10. The van der Waals surface area contributed by atoms with Gasteiger partial charge in [0.1, 0.15) is 5.75 Å². The fourth-order valence-electron chi connectivity index (χ4n) is 2.89. The van der Waals surface area contributed by atoms with Gasteiger partial charge < -0.3 is 10.1 Å². The molecule has 1 amide bonds. The van der Waals surface area contributed by atoms with Crippen LogP contribution in [0.15, 0.2) is 77.7 Å². The van der Waals surface area contributed by atoms with Crippen LogP contribution in [0.5, 0.6) is 5.75 Å². The Morgan fingerprint density at radius 3 is 2.35 bits per heavy atom. The number of amides is 1. The first-order valence-electron chi connectivity index (χ1n) is 9.35. The molecular formula is C23H21N3O4S. The standard InChI is InChI=1S/C23H21N3O4S/c1-26(31(28,29)22-12-10-21(30-2)11-13-22)20-5-3-4-18(16-20)23(27)25-19-8-6-17(7-9-19)14-15-24/h3-13,16H,14H2,1-2H3,(H,25,27). The quantitative estimate of drug-likeness (QED) is 0.608. The molecule has 0 unspecified atom stereocenters. The number of rotatable bonds is 7. The van der Waals surface area contributed by atoms with Gasteiger partial charge in [-0.2, -0.15) is 5.26 Å². The van der Waals surface area contributed by atoms with Gasteiger partial charge in [-0.25, -0.2) is 8.42 Å². The van der Waals surface area contributed by atoms with Crippen LogP contribution in [0.3, 0.4) is 0 Å². The lowest BCUT2D eigenvalue weighted by Gasteiger charge is -2.20. The summed E-state index contributed by atoms with van der Waals surface area (Å²) in [5.74, 6) is 0.186. The zero-order chi connectivity index (χ0) is 22.4. The molecule has 3 aromatic rings. The number of anilines is 2. The van der Waals surface area contributed by atoms with E-state index in [1.165, 1.54) is 32.4 Å². The molecule has 0 aliphatic heterocycles. The average molecular weight is 436 g/mol. The summed E-state index contributed by atoms with van der Waals surface area (Å²) in [7, 11) is -0.867. The predicted molar refractivity (Wildman–Crippen MR) is 119 cm³/mol. The van der Waals surface area contributed by atoms with Crippen molar-refractivity contribution >= 4 is 27.3 Å². The minimum Gasteiger partial charge on any atom is -0.497 e. The maximum Gasteiger partial charge on any atom is 0.264 e. The van der Waals surface area contributed by atoms with Crippen LogP contribution in [-0.4, -0.2) is 28.5 Å². The lowest BCUT2D eigenvalue weighted by Crippen LogP contribution is -2.26. The van der Waals surface area contributed by atoms with Crippen LogP contribution in [0.4, 0.5) is 11.4 Å². The third kappa shape index (κ3) is 5.02. The number of nitriles is 1. The molecule has 0 aromatic heterocycles. The van der Waals surface area contributed by atoms with Gasteiger partial charge in [-0.05, 0) is 60.2 Å². The zero-order valence-electron chi connectivity index (χ0n) is 17.1. The van der Waals surface area contributed by atoms with E-state index in [0.717, 1.165) is 9.87 Å². The molecule has 0 heterocycles. The molecule has 3 rings (SSSR count). The van der Waals surface area contributed by atoms with E-state index in [0.29, 0.717) is 29.1 Å². The summed E-state index contributed by atoms with van der Waals surface area (Å²) in [6.07, 6.45) is 0.297. The Hall–Kier alpha value is -3.83. The first-order chi connectivity index (χ1) is 14.8. The van der Waals surface area contributed by atoms with Gasteiger partial charge in [0.2, 0.25) is 0 Å². The second-order valence-corrected chi connectivity index (χ2v) is 8.65. The zero-order valence-corrected chi connectivity index (χ0v) is 17.9. The first-order valence-corrected chi connectivity index (χ1v) is 10.8. The highest BCUT2D eigenvalue weighted by atomic mass is 32.2. The Morgan fingerprint density at radius 1 is 1.06 bits per heavy atom. The summed E-state index contributed by atoms with van der Waals surface area (Å²) in [6, 6.07) is 21.5. The highest BCUT2D eigenvalue weighted by Crippen LogP contribution is 2.25. The largest absolute Gasteiger partial charge is 0.497 e. The van der Waals surface area contributed by atoms with Crippen LogP contribution < -0.4 is 14.4 Å². The minimum absolute atomic E-state index is 0.114. The fraction of sp³-hybridized carbons (Fsp3) is 0.130. The number of nitrogens with one attached hydrogen (secondary N) is 1. The Morgan fingerprint density at radius 2 is 1.74 bits per heavy atom. The number of carbonyl (C=O) groups is 1. The molecular weight excluding hydrogens is 414 g/mol. The average Bonchev–Trinajstić information content (AvgIpc) is 2.80. The molecule has 0 bridgehead atoms. The topological polar surface area (TPSA) is 99.5 Å². The number of sulfonamides is 1. The van der Waals surface area contributed by atoms with E-state index in [2.05, 4.69) is 11.4 Å². The second-order valence-electron chi connectivity index (χ2n) is 6.68. The van der Waals surface area contributed by atoms with Crippen molar-refractivity contribution in [3.05, 3.63) is 83.9 Å². The number of hydrogen-bond donors (Lipinski definition) is 1. The molecule has 3 aromatic carbocycles. The van der Waals surface area contributed by atoms with Crippen LogP contribution >= 0.6 is 0 Å². The number of carbonyl (C=O) groups excluding carboxylic acids is 1. The van der Waals surface area contributed by atoms with Crippen LogP contribution in [0, 0.1) is 11.3 Å². The lowest BCUT2D eigenvalue weighted by molar-refractivity contribution is 0.102. The van der Waals surface area contributed by atoms with Crippen molar-refractivity contribution in [2.75, 3.05) is 23.8 Å².